The summed E-state index contributed by atoms with van der Waals surface area (Å²) in [6.45, 7) is 2.20. The van der Waals surface area contributed by atoms with Crippen LogP contribution in [0.1, 0.15) is 60.9 Å². The molecule has 2 N–H and O–H groups in total. The average Bonchev–Trinajstić information content (AvgIpc) is 2.65. The normalized spacial score (nSPS) is 21.5. The number of primary amides is 1. The van der Waals surface area contributed by atoms with Gasteiger partial charge in [-0.15, -0.1) is 0 Å². The molecule has 1 aliphatic carbocycles. The molecule has 0 spiro atoms. The van der Waals surface area contributed by atoms with Crippen LogP contribution < -0.4 is 10.5 Å². The topological polar surface area (TPSA) is 65.2 Å². The summed E-state index contributed by atoms with van der Waals surface area (Å²) in [7, 11) is 0. The Bertz CT molecular complexity index is 694. The highest BCUT2D eigenvalue weighted by Crippen LogP contribution is 2.40. The van der Waals surface area contributed by atoms with E-state index in [0.29, 0.717) is 17.4 Å². The van der Waals surface area contributed by atoms with E-state index in [2.05, 4.69) is 18.0 Å². The summed E-state index contributed by atoms with van der Waals surface area (Å²) in [4.78, 5) is 15.8. The number of amides is 1. The van der Waals surface area contributed by atoms with Gasteiger partial charge in [0.1, 0.15) is 5.75 Å². The molecule has 0 radical (unpaired) electrons. The van der Waals surface area contributed by atoms with E-state index in [4.69, 9.17) is 10.5 Å². The first-order valence-corrected chi connectivity index (χ1v) is 9.14. The van der Waals surface area contributed by atoms with Gasteiger partial charge in [0.15, 0.2) is 0 Å². The maximum atomic E-state index is 11.8. The van der Waals surface area contributed by atoms with Crippen LogP contribution >= 0.6 is 0 Å². The maximum absolute atomic E-state index is 11.8. The van der Waals surface area contributed by atoms with Crippen LogP contribution in [0, 0.1) is 5.92 Å². The number of rotatable bonds is 6. The van der Waals surface area contributed by atoms with Gasteiger partial charge in [-0.05, 0) is 67.7 Å². The van der Waals surface area contributed by atoms with E-state index >= 15 is 0 Å². The van der Waals surface area contributed by atoms with Crippen molar-refractivity contribution in [1.82, 2.24) is 4.98 Å². The number of nitrogens with two attached hydrogens (primary N) is 1. The molecule has 4 nitrogen and oxygen atoms in total. The van der Waals surface area contributed by atoms with E-state index in [1.165, 1.54) is 0 Å². The smallest absolute Gasteiger partial charge is 0.248 e. The highest BCUT2D eigenvalue weighted by atomic mass is 16.5. The van der Waals surface area contributed by atoms with Gasteiger partial charge in [0, 0.05) is 18.0 Å². The number of pyridine rings is 1. The van der Waals surface area contributed by atoms with Gasteiger partial charge < -0.3 is 10.5 Å². The van der Waals surface area contributed by atoms with Crippen molar-refractivity contribution >= 4 is 5.91 Å². The second-order valence-electron chi connectivity index (χ2n) is 6.80. The van der Waals surface area contributed by atoms with Crippen molar-refractivity contribution < 1.29 is 9.53 Å². The molecule has 1 aromatic carbocycles. The third-order valence-corrected chi connectivity index (χ3v) is 5.31. The highest BCUT2D eigenvalue weighted by Gasteiger charge is 2.30. The first kappa shape index (κ1) is 17.5. The lowest BCUT2D eigenvalue weighted by Gasteiger charge is -2.34. The molecule has 2 aromatic rings. The Morgan fingerprint density at radius 3 is 2.48 bits per heavy atom. The molecule has 0 unspecified atom stereocenters. The molecule has 1 aromatic heterocycles. The zero-order valence-electron chi connectivity index (χ0n) is 14.7. The van der Waals surface area contributed by atoms with Crippen LogP contribution in [0.3, 0.4) is 0 Å². The first-order valence-electron chi connectivity index (χ1n) is 9.14. The van der Waals surface area contributed by atoms with Gasteiger partial charge >= 0.3 is 0 Å². The molecule has 0 bridgehead atoms. The number of carbonyl (C=O) groups excluding carboxylic acids is 1. The number of carbonyl (C=O) groups is 1. The minimum Gasteiger partial charge on any atom is -0.490 e. The number of nitrogens with zero attached hydrogens (tertiary/aromatic N) is 1. The van der Waals surface area contributed by atoms with Gasteiger partial charge in [0.25, 0.3) is 0 Å². The lowest BCUT2D eigenvalue weighted by Crippen LogP contribution is -2.28. The fraction of sp³-hybridized carbons (Fsp3) is 0.429. The largest absolute Gasteiger partial charge is 0.490 e. The van der Waals surface area contributed by atoms with Crippen LogP contribution in [0.15, 0.2) is 48.8 Å². The molecule has 1 fully saturated rings. The van der Waals surface area contributed by atoms with Crippen molar-refractivity contribution in [3.05, 3.63) is 59.9 Å². The summed E-state index contributed by atoms with van der Waals surface area (Å²) in [6, 6.07) is 11.6. The van der Waals surface area contributed by atoms with Gasteiger partial charge in [-0.25, -0.2) is 0 Å². The molecular weight excluding hydrogens is 312 g/mol. The van der Waals surface area contributed by atoms with E-state index in [1.807, 2.05) is 30.3 Å². The molecule has 0 saturated heterocycles. The Morgan fingerprint density at radius 2 is 1.84 bits per heavy atom. The Labute approximate surface area is 149 Å². The number of aromatic nitrogens is 1. The van der Waals surface area contributed by atoms with Crippen molar-refractivity contribution in [3.63, 3.8) is 0 Å². The molecule has 1 aliphatic rings. The van der Waals surface area contributed by atoms with Gasteiger partial charge in [0.05, 0.1) is 6.10 Å². The van der Waals surface area contributed by atoms with Crippen molar-refractivity contribution in [2.45, 2.75) is 51.0 Å². The number of ether oxygens (including phenoxy) is 1. The molecule has 1 saturated carbocycles. The zero-order chi connectivity index (χ0) is 17.6. The van der Waals surface area contributed by atoms with E-state index in [0.717, 1.165) is 43.4 Å². The molecule has 0 aliphatic heterocycles. The Morgan fingerprint density at radius 1 is 1.16 bits per heavy atom. The van der Waals surface area contributed by atoms with E-state index in [-0.39, 0.29) is 12.0 Å². The minimum atomic E-state index is -0.330. The molecule has 132 valence electrons. The maximum Gasteiger partial charge on any atom is 0.248 e. The molecule has 1 heterocycles. The Kier molecular flexibility index (Phi) is 5.69. The van der Waals surface area contributed by atoms with Gasteiger partial charge in [-0.2, -0.15) is 0 Å². The number of hydrogen-bond acceptors (Lipinski definition) is 3. The summed E-state index contributed by atoms with van der Waals surface area (Å²) in [6.07, 6.45) is 9.12. The van der Waals surface area contributed by atoms with Crippen LogP contribution in [0.4, 0.5) is 0 Å². The predicted octanol–water partition coefficient (Wildman–Crippen LogP) is 4.31. The van der Waals surface area contributed by atoms with Crippen LogP contribution in [0.5, 0.6) is 5.75 Å². The molecular formula is C21H26N2O2. The van der Waals surface area contributed by atoms with Gasteiger partial charge in [-0.3, -0.25) is 9.78 Å². The Balaban J connectivity index is 1.66. The van der Waals surface area contributed by atoms with Crippen LogP contribution in [-0.4, -0.2) is 17.0 Å². The Hall–Kier alpha value is -2.36. The van der Waals surface area contributed by atoms with Crippen molar-refractivity contribution in [2.24, 2.45) is 11.7 Å². The standard InChI is InChI=1S/C21H26N2O2/c1-2-18(19-5-3-4-6-20(19)21(22)24)15-7-9-16(10-8-15)25-17-11-13-23-14-12-17/h3-6,11-16,18H,2,7-10H2,1H3,(H2,22,24)/t15?,16?,18-/m0/s1. The number of hydrogen-bond donors (Lipinski definition) is 1. The van der Waals surface area contributed by atoms with E-state index in [1.54, 1.807) is 12.4 Å². The number of benzene rings is 1. The van der Waals surface area contributed by atoms with E-state index in [9.17, 15) is 4.79 Å². The molecule has 4 heteroatoms. The van der Waals surface area contributed by atoms with Crippen molar-refractivity contribution in [3.8, 4) is 5.75 Å². The highest BCUT2D eigenvalue weighted by molar-refractivity contribution is 5.94. The van der Waals surface area contributed by atoms with Crippen molar-refractivity contribution in [1.29, 1.82) is 0 Å². The molecule has 1 amide bonds. The summed E-state index contributed by atoms with van der Waals surface area (Å²) < 4.78 is 6.07. The molecule has 25 heavy (non-hydrogen) atoms. The fourth-order valence-electron chi connectivity index (χ4n) is 4.07. The lowest BCUT2D eigenvalue weighted by atomic mass is 9.74. The molecule has 1 atom stereocenters. The van der Waals surface area contributed by atoms with Gasteiger partial charge in [-0.1, -0.05) is 25.1 Å². The van der Waals surface area contributed by atoms with Gasteiger partial charge in [0.2, 0.25) is 5.91 Å². The average molecular weight is 338 g/mol. The summed E-state index contributed by atoms with van der Waals surface area (Å²) in [5.41, 5.74) is 7.36. The van der Waals surface area contributed by atoms with Crippen LogP contribution in [0.2, 0.25) is 0 Å². The summed E-state index contributed by atoms with van der Waals surface area (Å²) >= 11 is 0. The minimum absolute atomic E-state index is 0.266. The third kappa shape index (κ3) is 4.19. The van der Waals surface area contributed by atoms with Crippen LogP contribution in [0.25, 0.3) is 0 Å². The second kappa shape index (κ2) is 8.15. The quantitative estimate of drug-likeness (QED) is 0.853. The predicted molar refractivity (Wildman–Crippen MR) is 98.6 cm³/mol. The second-order valence-corrected chi connectivity index (χ2v) is 6.80. The monoisotopic (exact) mass is 338 g/mol. The SMILES string of the molecule is CC[C@H](c1ccccc1C(N)=O)C1CCC(Oc2ccncc2)CC1. The molecule has 3 rings (SSSR count). The zero-order valence-corrected chi connectivity index (χ0v) is 14.7. The summed E-state index contributed by atoms with van der Waals surface area (Å²) in [5.74, 6) is 1.52. The fourth-order valence-corrected chi connectivity index (χ4v) is 4.07. The third-order valence-electron chi connectivity index (χ3n) is 5.31. The van der Waals surface area contributed by atoms with E-state index < -0.39 is 0 Å². The van der Waals surface area contributed by atoms with Crippen LogP contribution in [-0.2, 0) is 0 Å². The summed E-state index contributed by atoms with van der Waals surface area (Å²) in [5, 5.41) is 0. The first-order chi connectivity index (χ1) is 12.2. The lowest BCUT2D eigenvalue weighted by molar-refractivity contribution is 0.0995. The van der Waals surface area contributed by atoms with Crippen molar-refractivity contribution in [2.75, 3.05) is 0 Å².